The van der Waals surface area contributed by atoms with Crippen LogP contribution in [0.3, 0.4) is 0 Å². The Balaban J connectivity index is 4.92. The second-order valence-electron chi connectivity index (χ2n) is 4.41. The van der Waals surface area contributed by atoms with Gasteiger partial charge in [-0.2, -0.15) is 0 Å². The van der Waals surface area contributed by atoms with Crippen LogP contribution in [-0.2, 0) is 9.83 Å². The molecule has 0 heterocycles. The minimum atomic E-state index is -1.18. The van der Waals surface area contributed by atoms with Crippen LogP contribution in [0.15, 0.2) is 0 Å². The topological polar surface area (TPSA) is 57.5 Å². The molecule has 0 aliphatic heterocycles. The fourth-order valence-electron chi connectivity index (χ4n) is 1.63. The van der Waals surface area contributed by atoms with E-state index >= 15 is 0 Å². The lowest BCUT2D eigenvalue weighted by Gasteiger charge is -2.34. The van der Waals surface area contributed by atoms with E-state index in [-0.39, 0.29) is 18.0 Å². The lowest BCUT2D eigenvalue weighted by molar-refractivity contribution is 0.236. The van der Waals surface area contributed by atoms with E-state index in [4.69, 9.17) is 0 Å². The summed E-state index contributed by atoms with van der Waals surface area (Å²) in [5.74, 6) is 0. The van der Waals surface area contributed by atoms with Gasteiger partial charge in [0.25, 0.3) is 0 Å². The first-order valence-electron chi connectivity index (χ1n) is 6.32. The summed E-state index contributed by atoms with van der Waals surface area (Å²) in [5, 5.41) is 19.0. The Kier molecular flexibility index (Phi) is 7.96. The molecule has 5 heteroatoms. The van der Waals surface area contributed by atoms with Gasteiger partial charge in [-0.05, 0) is 25.7 Å². The quantitative estimate of drug-likeness (QED) is 0.638. The third-order valence-corrected chi connectivity index (χ3v) is 8.96. The van der Waals surface area contributed by atoms with Gasteiger partial charge >= 0.3 is 0 Å². The molecule has 1 atom stereocenters. The molecule has 2 N–H and O–H groups in total. The average molecular weight is 282 g/mol. The predicted molar refractivity (Wildman–Crippen MR) is 76.5 cm³/mol. The summed E-state index contributed by atoms with van der Waals surface area (Å²) in [4.78, 5) is 0. The van der Waals surface area contributed by atoms with Crippen LogP contribution in [0.25, 0.3) is 0 Å². The molecular weight excluding hydrogens is 256 g/mol. The van der Waals surface area contributed by atoms with E-state index in [2.05, 4.69) is 0 Å². The van der Waals surface area contributed by atoms with Gasteiger partial charge in [-0.15, -0.1) is 0 Å². The Morgan fingerprint density at radius 1 is 0.941 bits per heavy atom. The maximum Gasteiger partial charge on any atom is 0.0896 e. The van der Waals surface area contributed by atoms with Crippen LogP contribution in [0.2, 0.25) is 0 Å². The standard InChI is InChI=1S/C12H26O3S2/c1-5-11(6-2,9-13)16-17(15)12(7-3,8-4)10-14/h13-14H,5-10H2,1-4H3. The minimum Gasteiger partial charge on any atom is -0.395 e. The zero-order chi connectivity index (χ0) is 13.5. The summed E-state index contributed by atoms with van der Waals surface area (Å²) in [5.41, 5.74) is 0. The van der Waals surface area contributed by atoms with Crippen molar-refractivity contribution in [2.45, 2.75) is 62.9 Å². The highest BCUT2D eigenvalue weighted by atomic mass is 33.1. The highest BCUT2D eigenvalue weighted by molar-refractivity contribution is 8.70. The number of aliphatic hydroxyl groups excluding tert-OH is 2. The largest absolute Gasteiger partial charge is 0.395 e. The Hall–Kier alpha value is 0.420. The van der Waals surface area contributed by atoms with Crippen molar-refractivity contribution in [1.29, 1.82) is 0 Å². The molecule has 0 rings (SSSR count). The van der Waals surface area contributed by atoms with E-state index in [0.717, 1.165) is 12.8 Å². The molecule has 0 aliphatic carbocycles. The SMILES string of the molecule is CCC(CC)(CO)SS(=O)C(CC)(CC)CO. The third-order valence-electron chi connectivity index (χ3n) is 3.76. The van der Waals surface area contributed by atoms with Gasteiger partial charge in [-0.3, -0.25) is 0 Å². The molecule has 0 radical (unpaired) electrons. The van der Waals surface area contributed by atoms with E-state index < -0.39 is 14.6 Å². The van der Waals surface area contributed by atoms with Gasteiger partial charge < -0.3 is 10.2 Å². The molecule has 0 amide bonds. The first-order valence-corrected chi connectivity index (χ1v) is 8.81. The van der Waals surface area contributed by atoms with Crippen molar-refractivity contribution < 1.29 is 14.4 Å². The molecule has 0 aromatic rings. The molecule has 17 heavy (non-hydrogen) atoms. The molecule has 0 aliphatic rings. The Morgan fingerprint density at radius 3 is 1.65 bits per heavy atom. The number of aliphatic hydroxyl groups is 2. The number of hydrogen-bond acceptors (Lipinski definition) is 4. The Bertz CT molecular complexity index is 219. The van der Waals surface area contributed by atoms with Crippen molar-refractivity contribution in [2.24, 2.45) is 0 Å². The highest BCUT2D eigenvalue weighted by Gasteiger charge is 2.39. The van der Waals surface area contributed by atoms with Crippen LogP contribution in [0.4, 0.5) is 0 Å². The van der Waals surface area contributed by atoms with E-state index in [1.807, 2.05) is 27.7 Å². The third kappa shape index (κ3) is 3.94. The van der Waals surface area contributed by atoms with E-state index in [1.165, 1.54) is 10.8 Å². The zero-order valence-corrected chi connectivity index (χ0v) is 13.0. The summed E-state index contributed by atoms with van der Waals surface area (Å²) >= 11 is 0. The lowest BCUT2D eigenvalue weighted by Crippen LogP contribution is -2.39. The van der Waals surface area contributed by atoms with Crippen molar-refractivity contribution in [2.75, 3.05) is 13.2 Å². The molecule has 3 nitrogen and oxygen atoms in total. The van der Waals surface area contributed by atoms with Crippen LogP contribution in [0.1, 0.15) is 53.4 Å². The molecule has 104 valence electrons. The normalized spacial score (nSPS) is 14.9. The summed E-state index contributed by atoms with van der Waals surface area (Å²) in [6, 6.07) is 0. The van der Waals surface area contributed by atoms with Gasteiger partial charge in [0, 0.05) is 0 Å². The van der Waals surface area contributed by atoms with Gasteiger partial charge in [0.2, 0.25) is 0 Å². The van der Waals surface area contributed by atoms with Gasteiger partial charge in [-0.25, -0.2) is 4.21 Å². The van der Waals surface area contributed by atoms with E-state index in [0.29, 0.717) is 12.8 Å². The maximum absolute atomic E-state index is 12.5. The van der Waals surface area contributed by atoms with Crippen molar-refractivity contribution in [1.82, 2.24) is 0 Å². The molecule has 0 saturated carbocycles. The van der Waals surface area contributed by atoms with Gasteiger partial charge in [0.1, 0.15) is 0 Å². The first-order chi connectivity index (χ1) is 7.99. The fraction of sp³-hybridized carbons (Fsp3) is 1.00. The second-order valence-corrected chi connectivity index (χ2v) is 8.19. The second kappa shape index (κ2) is 7.77. The van der Waals surface area contributed by atoms with Crippen molar-refractivity contribution >= 4 is 20.6 Å². The van der Waals surface area contributed by atoms with Crippen LogP contribution in [0.5, 0.6) is 0 Å². The number of hydrogen-bond donors (Lipinski definition) is 2. The highest BCUT2D eigenvalue weighted by Crippen LogP contribution is 2.41. The molecule has 0 spiro atoms. The minimum absolute atomic E-state index is 0.0331. The summed E-state index contributed by atoms with van der Waals surface area (Å²) in [7, 11) is 0.156. The van der Waals surface area contributed by atoms with Crippen LogP contribution in [-0.4, -0.2) is 37.1 Å². The first kappa shape index (κ1) is 17.4. The predicted octanol–water partition coefficient (Wildman–Crippen LogP) is 2.49. The van der Waals surface area contributed by atoms with E-state index in [1.54, 1.807) is 0 Å². The molecule has 0 aromatic heterocycles. The van der Waals surface area contributed by atoms with Gasteiger partial charge in [0.15, 0.2) is 0 Å². The molecule has 1 unspecified atom stereocenters. The Labute approximate surface area is 111 Å². The maximum atomic E-state index is 12.5. The smallest absolute Gasteiger partial charge is 0.0896 e. The average Bonchev–Trinajstić information content (AvgIpc) is 2.39. The fourth-order valence-corrected chi connectivity index (χ4v) is 6.22. The molecular formula is C12H26O3S2. The summed E-state index contributed by atoms with van der Waals surface area (Å²) in [6.07, 6.45) is 2.94. The monoisotopic (exact) mass is 282 g/mol. The van der Waals surface area contributed by atoms with Crippen LogP contribution < -0.4 is 0 Å². The Morgan fingerprint density at radius 2 is 1.41 bits per heavy atom. The molecule has 0 saturated heterocycles. The van der Waals surface area contributed by atoms with Gasteiger partial charge in [-0.1, -0.05) is 38.5 Å². The van der Waals surface area contributed by atoms with Crippen LogP contribution >= 0.6 is 10.8 Å². The van der Waals surface area contributed by atoms with E-state index in [9.17, 15) is 14.4 Å². The van der Waals surface area contributed by atoms with Crippen molar-refractivity contribution in [3.63, 3.8) is 0 Å². The van der Waals surface area contributed by atoms with Crippen LogP contribution in [0, 0.1) is 0 Å². The molecule has 0 fully saturated rings. The zero-order valence-electron chi connectivity index (χ0n) is 11.4. The summed E-state index contributed by atoms with van der Waals surface area (Å²) in [6.45, 7) is 7.89. The van der Waals surface area contributed by atoms with Gasteiger partial charge in [0.05, 0.1) is 32.5 Å². The number of rotatable bonds is 9. The summed E-state index contributed by atoms with van der Waals surface area (Å²) < 4.78 is 11.6. The van der Waals surface area contributed by atoms with Crippen molar-refractivity contribution in [3.8, 4) is 0 Å². The van der Waals surface area contributed by atoms with Crippen molar-refractivity contribution in [3.05, 3.63) is 0 Å². The molecule has 0 aromatic carbocycles. The lowest BCUT2D eigenvalue weighted by atomic mass is 10.0. The molecule has 0 bridgehead atoms.